The predicted molar refractivity (Wildman–Crippen MR) is 151 cm³/mol. The number of benzene rings is 1. The van der Waals surface area contributed by atoms with Gasteiger partial charge in [-0.25, -0.2) is 0 Å². The molecule has 5 nitrogen and oxygen atoms in total. The van der Waals surface area contributed by atoms with Gasteiger partial charge >= 0.3 is 0 Å². The molecule has 2 N–H and O–H groups in total. The molecule has 5 heteroatoms. The third kappa shape index (κ3) is 6.72. The van der Waals surface area contributed by atoms with Crippen molar-refractivity contribution in [3.8, 4) is 11.8 Å². The van der Waals surface area contributed by atoms with E-state index >= 15 is 0 Å². The summed E-state index contributed by atoms with van der Waals surface area (Å²) in [5, 5.41) is 13.5. The highest BCUT2D eigenvalue weighted by molar-refractivity contribution is 5.83. The molecule has 0 bridgehead atoms. The van der Waals surface area contributed by atoms with Gasteiger partial charge in [0.05, 0.1) is 0 Å². The van der Waals surface area contributed by atoms with E-state index in [1.54, 1.807) is 6.92 Å². The Morgan fingerprint density at radius 1 is 1.14 bits per heavy atom. The fourth-order valence-corrected chi connectivity index (χ4v) is 5.30. The lowest BCUT2D eigenvalue weighted by atomic mass is 9.72. The number of hydrogen-bond acceptors (Lipinski definition) is 4. The second-order valence-corrected chi connectivity index (χ2v) is 10.1. The lowest BCUT2D eigenvalue weighted by molar-refractivity contribution is -0.125. The summed E-state index contributed by atoms with van der Waals surface area (Å²) in [4.78, 5) is 17.8. The molecule has 36 heavy (non-hydrogen) atoms. The predicted octanol–water partition coefficient (Wildman–Crippen LogP) is 5.00. The largest absolute Gasteiger partial charge is 0.378 e. The minimum Gasteiger partial charge on any atom is -0.378 e. The van der Waals surface area contributed by atoms with E-state index in [-0.39, 0.29) is 17.4 Å². The van der Waals surface area contributed by atoms with E-state index in [1.165, 1.54) is 11.3 Å². The summed E-state index contributed by atoms with van der Waals surface area (Å²) >= 11 is 0. The van der Waals surface area contributed by atoms with E-state index in [2.05, 4.69) is 92.8 Å². The van der Waals surface area contributed by atoms with Crippen LogP contribution in [0.25, 0.3) is 0 Å². The third-order valence-corrected chi connectivity index (χ3v) is 8.12. The molecule has 1 heterocycles. The summed E-state index contributed by atoms with van der Waals surface area (Å²) in [6, 6.07) is 6.38. The van der Waals surface area contributed by atoms with Gasteiger partial charge in [-0.2, -0.15) is 0 Å². The molecule has 2 rings (SSSR count). The van der Waals surface area contributed by atoms with Gasteiger partial charge < -0.3 is 20.2 Å². The Kier molecular flexibility index (Phi) is 11.1. The number of hydrogen-bond donors (Lipinski definition) is 2. The van der Waals surface area contributed by atoms with E-state index in [4.69, 9.17) is 0 Å². The van der Waals surface area contributed by atoms with Crippen molar-refractivity contribution in [1.82, 2.24) is 15.1 Å². The molecule has 200 valence electrons. The number of amides is 1. The molecule has 1 aromatic rings. The number of nitrogens with one attached hydrogen (secondary N) is 1. The van der Waals surface area contributed by atoms with Crippen molar-refractivity contribution in [2.24, 2.45) is 0 Å². The van der Waals surface area contributed by atoms with Crippen molar-refractivity contribution in [2.45, 2.75) is 98.1 Å². The number of allylic oxidation sites excluding steroid dienone is 1. The zero-order valence-electron chi connectivity index (χ0n) is 24.0. The Balaban J connectivity index is 2.29. The molecule has 1 aromatic carbocycles. The molecule has 0 saturated carbocycles. The monoisotopic (exact) mass is 495 g/mol. The molecule has 2 unspecified atom stereocenters. The van der Waals surface area contributed by atoms with E-state index in [0.717, 1.165) is 56.6 Å². The lowest BCUT2D eigenvalue weighted by Crippen LogP contribution is -2.48. The van der Waals surface area contributed by atoms with Crippen LogP contribution in [0.2, 0.25) is 0 Å². The van der Waals surface area contributed by atoms with Gasteiger partial charge in [0, 0.05) is 36.3 Å². The van der Waals surface area contributed by atoms with Gasteiger partial charge in [0.1, 0.15) is 11.6 Å². The maximum Gasteiger partial charge on any atom is 0.243 e. The van der Waals surface area contributed by atoms with Crippen molar-refractivity contribution in [3.63, 3.8) is 0 Å². The van der Waals surface area contributed by atoms with Gasteiger partial charge in [0.25, 0.3) is 0 Å². The van der Waals surface area contributed by atoms with Gasteiger partial charge in [-0.1, -0.05) is 64.7 Å². The van der Waals surface area contributed by atoms with Crippen molar-refractivity contribution >= 4 is 5.91 Å². The Hall–Kier alpha value is -2.29. The highest BCUT2D eigenvalue weighted by Crippen LogP contribution is 2.44. The topological polar surface area (TPSA) is 55.8 Å². The molecule has 1 aliphatic heterocycles. The second kappa shape index (κ2) is 13.3. The minimum atomic E-state index is -0.973. The summed E-state index contributed by atoms with van der Waals surface area (Å²) in [5.74, 6) is 6.32. The normalized spacial score (nSPS) is 17.4. The Bertz CT molecular complexity index is 962. The molecule has 0 spiro atoms. The highest BCUT2D eigenvalue weighted by atomic mass is 16.3. The maximum atomic E-state index is 13.2. The Morgan fingerprint density at radius 3 is 2.33 bits per heavy atom. The van der Waals surface area contributed by atoms with Crippen LogP contribution in [0, 0.1) is 18.8 Å². The van der Waals surface area contributed by atoms with Crippen LogP contribution in [0.4, 0.5) is 0 Å². The minimum absolute atomic E-state index is 0.126. The number of likely N-dealkylation sites (N-methyl/N-ethyl adjacent to an activating group) is 2. The average molecular weight is 496 g/mol. The van der Waals surface area contributed by atoms with Gasteiger partial charge in [0.2, 0.25) is 5.91 Å². The Morgan fingerprint density at radius 2 is 1.81 bits per heavy atom. The standard InChI is InChI=1S/C31H49N3O2/c1-9-30(8,36)20-19-25-15-16-26(23-24(25)7)31(10-2,11-3)28-18-17-27(34(28)14-6)29(35)32-21-22-33(12-4)13-5/h15-16,18,23,27,36H,9-14,17,21-22H2,1-8H3,(H,32,35). The quantitative estimate of drug-likeness (QED) is 0.401. The number of aliphatic hydroxyl groups is 1. The first-order valence-corrected chi connectivity index (χ1v) is 14.0. The number of carbonyl (C=O) groups is 1. The van der Waals surface area contributed by atoms with Gasteiger partial charge in [-0.15, -0.1) is 0 Å². The molecular weight excluding hydrogens is 446 g/mol. The van der Waals surface area contributed by atoms with Crippen molar-refractivity contribution in [1.29, 1.82) is 0 Å². The highest BCUT2D eigenvalue weighted by Gasteiger charge is 2.42. The summed E-state index contributed by atoms with van der Waals surface area (Å²) < 4.78 is 0. The summed E-state index contributed by atoms with van der Waals surface area (Å²) in [7, 11) is 0. The molecule has 2 atom stereocenters. The van der Waals surface area contributed by atoms with Gasteiger partial charge in [-0.05, 0) is 76.7 Å². The molecule has 0 aliphatic carbocycles. The zero-order valence-corrected chi connectivity index (χ0v) is 24.0. The fraction of sp³-hybridized carbons (Fsp3) is 0.645. The second-order valence-electron chi connectivity index (χ2n) is 10.1. The van der Waals surface area contributed by atoms with E-state index in [0.29, 0.717) is 13.0 Å². The first-order valence-electron chi connectivity index (χ1n) is 14.0. The van der Waals surface area contributed by atoms with Crippen LogP contribution in [0.5, 0.6) is 0 Å². The Labute approximate surface area is 220 Å². The summed E-state index contributed by atoms with van der Waals surface area (Å²) in [6.45, 7) is 21.1. The van der Waals surface area contributed by atoms with Gasteiger partial charge in [-0.3, -0.25) is 4.79 Å². The van der Waals surface area contributed by atoms with E-state index in [1.807, 2.05) is 6.92 Å². The molecule has 0 saturated heterocycles. The number of nitrogens with zero attached hydrogens (tertiary/aromatic N) is 2. The number of carbonyl (C=O) groups excluding carboxylic acids is 1. The van der Waals surface area contributed by atoms with Crippen LogP contribution < -0.4 is 5.32 Å². The molecule has 0 fully saturated rings. The van der Waals surface area contributed by atoms with Crippen molar-refractivity contribution < 1.29 is 9.90 Å². The number of aryl methyl sites for hydroxylation is 1. The van der Waals surface area contributed by atoms with Crippen LogP contribution in [0.1, 0.15) is 90.8 Å². The van der Waals surface area contributed by atoms with Crippen molar-refractivity contribution in [2.75, 3.05) is 32.7 Å². The van der Waals surface area contributed by atoms with E-state index < -0.39 is 5.60 Å². The molecular formula is C31H49N3O2. The molecule has 1 aliphatic rings. The third-order valence-electron chi connectivity index (χ3n) is 8.12. The first kappa shape index (κ1) is 29.9. The number of rotatable bonds is 12. The fourth-order valence-electron chi connectivity index (χ4n) is 5.30. The molecule has 0 radical (unpaired) electrons. The smallest absolute Gasteiger partial charge is 0.243 e. The average Bonchev–Trinajstić information content (AvgIpc) is 3.32. The van der Waals surface area contributed by atoms with E-state index in [9.17, 15) is 9.90 Å². The van der Waals surface area contributed by atoms with Crippen LogP contribution >= 0.6 is 0 Å². The SMILES string of the molecule is CCN(CC)CCNC(=O)C1CC=C(C(CC)(CC)c2ccc(C#CC(C)(O)CC)c(C)c2)N1CC. The van der Waals surface area contributed by atoms with Gasteiger partial charge in [0.15, 0.2) is 0 Å². The van der Waals surface area contributed by atoms with Crippen LogP contribution in [0.15, 0.2) is 30.0 Å². The van der Waals surface area contributed by atoms with Crippen LogP contribution in [0.3, 0.4) is 0 Å². The maximum absolute atomic E-state index is 13.2. The zero-order chi connectivity index (χ0) is 26.9. The van der Waals surface area contributed by atoms with Crippen LogP contribution in [-0.2, 0) is 10.2 Å². The lowest BCUT2D eigenvalue weighted by Gasteiger charge is -2.41. The molecule has 0 aromatic heterocycles. The summed E-state index contributed by atoms with van der Waals surface area (Å²) in [6.07, 6.45) is 5.55. The first-order chi connectivity index (χ1) is 17.1. The summed E-state index contributed by atoms with van der Waals surface area (Å²) in [5.41, 5.74) is 3.48. The molecule has 1 amide bonds. The van der Waals surface area contributed by atoms with Crippen LogP contribution in [-0.4, -0.2) is 65.2 Å². The van der Waals surface area contributed by atoms with Crippen molar-refractivity contribution in [3.05, 3.63) is 46.7 Å².